The summed E-state index contributed by atoms with van der Waals surface area (Å²) in [5.41, 5.74) is 1.66. The lowest BCUT2D eigenvalue weighted by Crippen LogP contribution is -2.54. The summed E-state index contributed by atoms with van der Waals surface area (Å²) in [5.74, 6) is 0.479. The predicted molar refractivity (Wildman–Crippen MR) is 100 cm³/mol. The number of nitrogens with zero attached hydrogens (tertiary/aromatic N) is 6. The zero-order valence-corrected chi connectivity index (χ0v) is 14.9. The van der Waals surface area contributed by atoms with Gasteiger partial charge in [-0.2, -0.15) is 10.5 Å². The topological polar surface area (TPSA) is 96.9 Å². The number of hydrogen-bond donors (Lipinski definition) is 0. The van der Waals surface area contributed by atoms with E-state index in [0.29, 0.717) is 36.7 Å². The number of anilines is 1. The van der Waals surface area contributed by atoms with E-state index in [1.165, 1.54) is 12.3 Å². The monoisotopic (exact) mass is 358 g/mol. The summed E-state index contributed by atoms with van der Waals surface area (Å²) in [7, 11) is 0. The third kappa shape index (κ3) is 4.10. The zero-order valence-electron chi connectivity index (χ0n) is 14.9. The molecule has 1 fully saturated rings. The van der Waals surface area contributed by atoms with Crippen LogP contribution < -0.4 is 4.90 Å². The van der Waals surface area contributed by atoms with Gasteiger partial charge in [-0.3, -0.25) is 4.79 Å². The molecule has 7 heteroatoms. The van der Waals surface area contributed by atoms with Crippen molar-refractivity contribution in [2.45, 2.75) is 13.0 Å². The Balaban J connectivity index is 1.67. The second-order valence-electron chi connectivity index (χ2n) is 6.24. The normalized spacial score (nSPS) is 16.8. The van der Waals surface area contributed by atoms with E-state index in [1.54, 1.807) is 35.4 Å². The van der Waals surface area contributed by atoms with Gasteiger partial charge in [0.2, 0.25) is 5.91 Å². The lowest BCUT2D eigenvalue weighted by atomic mass is 10.1. The van der Waals surface area contributed by atoms with Crippen LogP contribution in [0.25, 0.3) is 6.08 Å². The van der Waals surface area contributed by atoms with E-state index in [9.17, 15) is 10.1 Å². The van der Waals surface area contributed by atoms with Gasteiger partial charge < -0.3 is 9.80 Å². The summed E-state index contributed by atoms with van der Waals surface area (Å²) in [6, 6.07) is 11.2. The molecule has 0 aliphatic carbocycles. The number of carbonyl (C=O) groups excluding carboxylic acids is 1. The van der Waals surface area contributed by atoms with Crippen molar-refractivity contribution in [2.24, 2.45) is 0 Å². The minimum absolute atomic E-state index is 0.0325. The predicted octanol–water partition coefficient (Wildman–Crippen LogP) is 1.97. The molecule has 1 atom stereocenters. The van der Waals surface area contributed by atoms with Crippen LogP contribution in [0.3, 0.4) is 0 Å². The van der Waals surface area contributed by atoms with Crippen molar-refractivity contribution >= 4 is 17.8 Å². The van der Waals surface area contributed by atoms with Crippen LogP contribution in [0.4, 0.5) is 5.82 Å². The van der Waals surface area contributed by atoms with Crippen LogP contribution in [-0.2, 0) is 4.79 Å². The van der Waals surface area contributed by atoms with Gasteiger partial charge in [-0.1, -0.05) is 12.1 Å². The van der Waals surface area contributed by atoms with Gasteiger partial charge in [0.15, 0.2) is 11.5 Å². The number of aromatic nitrogens is 2. The molecule has 27 heavy (non-hydrogen) atoms. The first kappa shape index (κ1) is 18.1. The molecule has 0 saturated carbocycles. The Bertz CT molecular complexity index is 955. The van der Waals surface area contributed by atoms with E-state index in [0.717, 1.165) is 5.56 Å². The van der Waals surface area contributed by atoms with Crippen molar-refractivity contribution in [1.82, 2.24) is 14.9 Å². The number of benzene rings is 1. The average Bonchev–Trinajstić information content (AvgIpc) is 2.72. The maximum Gasteiger partial charge on any atom is 0.246 e. The summed E-state index contributed by atoms with van der Waals surface area (Å²) in [4.78, 5) is 24.7. The van der Waals surface area contributed by atoms with E-state index < -0.39 is 0 Å². The molecule has 1 aliphatic rings. The van der Waals surface area contributed by atoms with Gasteiger partial charge in [0.05, 0.1) is 11.6 Å². The molecule has 1 amide bonds. The minimum Gasteiger partial charge on any atom is -0.350 e. The minimum atomic E-state index is -0.0795. The molecule has 1 aromatic heterocycles. The fourth-order valence-corrected chi connectivity index (χ4v) is 3.09. The van der Waals surface area contributed by atoms with Crippen LogP contribution in [0.5, 0.6) is 0 Å². The first-order chi connectivity index (χ1) is 13.1. The highest BCUT2D eigenvalue weighted by molar-refractivity contribution is 5.92. The van der Waals surface area contributed by atoms with Crippen molar-refractivity contribution < 1.29 is 4.79 Å². The molecule has 0 bridgehead atoms. The largest absolute Gasteiger partial charge is 0.350 e. The second kappa shape index (κ2) is 8.11. The van der Waals surface area contributed by atoms with E-state index in [4.69, 9.17) is 5.26 Å². The SMILES string of the molecule is C[C@H]1CN(c2nccnc2C#N)CCN1C(=O)/C=C/c1cccc(C#N)c1. The summed E-state index contributed by atoms with van der Waals surface area (Å²) in [5, 5.41) is 18.1. The second-order valence-corrected chi connectivity index (χ2v) is 6.24. The molecule has 0 radical (unpaired) electrons. The summed E-state index contributed by atoms with van der Waals surface area (Å²) < 4.78 is 0. The maximum atomic E-state index is 12.6. The Morgan fingerprint density at radius 1 is 1.22 bits per heavy atom. The van der Waals surface area contributed by atoms with Crippen LogP contribution in [-0.4, -0.2) is 46.5 Å². The summed E-state index contributed by atoms with van der Waals surface area (Å²) in [6.07, 6.45) is 6.32. The molecule has 2 aromatic rings. The van der Waals surface area contributed by atoms with Gasteiger partial charge in [0.1, 0.15) is 6.07 Å². The van der Waals surface area contributed by atoms with Gasteiger partial charge in [0.25, 0.3) is 0 Å². The van der Waals surface area contributed by atoms with E-state index in [2.05, 4.69) is 22.1 Å². The third-order valence-corrected chi connectivity index (χ3v) is 4.43. The van der Waals surface area contributed by atoms with Crippen molar-refractivity contribution in [3.05, 3.63) is 59.6 Å². The number of carbonyl (C=O) groups is 1. The van der Waals surface area contributed by atoms with E-state index >= 15 is 0 Å². The van der Waals surface area contributed by atoms with Crippen LogP contribution >= 0.6 is 0 Å². The number of nitriles is 2. The number of amides is 1. The molecule has 1 saturated heterocycles. The number of hydrogen-bond acceptors (Lipinski definition) is 6. The zero-order chi connectivity index (χ0) is 19.2. The number of rotatable bonds is 3. The van der Waals surface area contributed by atoms with Crippen molar-refractivity contribution in [2.75, 3.05) is 24.5 Å². The van der Waals surface area contributed by atoms with Gasteiger partial charge >= 0.3 is 0 Å². The quantitative estimate of drug-likeness (QED) is 0.778. The molecule has 7 nitrogen and oxygen atoms in total. The molecule has 1 aromatic carbocycles. The van der Waals surface area contributed by atoms with Gasteiger partial charge in [-0.15, -0.1) is 0 Å². The standard InChI is InChI=1S/C20H18N6O/c1-15-14-25(20-18(13-22)23-7-8-24-20)9-10-26(15)19(27)6-5-16-3-2-4-17(11-16)12-21/h2-8,11,15H,9-10,14H2,1H3/b6-5+/t15-/m0/s1. The van der Waals surface area contributed by atoms with Crippen LogP contribution in [0.1, 0.15) is 23.7 Å². The molecule has 2 heterocycles. The molecular formula is C20H18N6O. The molecule has 3 rings (SSSR count). The Hall–Kier alpha value is -3.71. The van der Waals surface area contributed by atoms with Crippen molar-refractivity contribution in [1.29, 1.82) is 10.5 Å². The lowest BCUT2D eigenvalue weighted by Gasteiger charge is -2.40. The first-order valence-corrected chi connectivity index (χ1v) is 8.57. The smallest absolute Gasteiger partial charge is 0.246 e. The highest BCUT2D eigenvalue weighted by atomic mass is 16.2. The summed E-state index contributed by atoms with van der Waals surface area (Å²) >= 11 is 0. The Kier molecular flexibility index (Phi) is 5.44. The van der Waals surface area contributed by atoms with Crippen molar-refractivity contribution in [3.63, 3.8) is 0 Å². The fraction of sp³-hybridized carbons (Fsp3) is 0.250. The fourth-order valence-electron chi connectivity index (χ4n) is 3.09. The molecule has 0 spiro atoms. The average molecular weight is 358 g/mol. The molecule has 1 aliphatic heterocycles. The van der Waals surface area contributed by atoms with Gasteiger partial charge in [0, 0.05) is 44.1 Å². The maximum absolute atomic E-state index is 12.6. The Labute approximate surface area is 157 Å². The van der Waals surface area contributed by atoms with E-state index in [1.807, 2.05) is 17.9 Å². The van der Waals surface area contributed by atoms with Crippen LogP contribution in [0.15, 0.2) is 42.7 Å². The van der Waals surface area contributed by atoms with E-state index in [-0.39, 0.29) is 11.9 Å². The van der Waals surface area contributed by atoms with Crippen molar-refractivity contribution in [3.8, 4) is 12.1 Å². The lowest BCUT2D eigenvalue weighted by molar-refractivity contribution is -0.128. The number of piperazine rings is 1. The van der Waals surface area contributed by atoms with Crippen LogP contribution in [0.2, 0.25) is 0 Å². The molecule has 134 valence electrons. The Morgan fingerprint density at radius 2 is 2.04 bits per heavy atom. The third-order valence-electron chi connectivity index (χ3n) is 4.43. The Morgan fingerprint density at radius 3 is 2.78 bits per heavy atom. The summed E-state index contributed by atoms with van der Waals surface area (Å²) in [6.45, 7) is 3.67. The molecular weight excluding hydrogens is 340 g/mol. The highest BCUT2D eigenvalue weighted by Gasteiger charge is 2.28. The molecule has 0 N–H and O–H groups in total. The van der Waals surface area contributed by atoms with Gasteiger partial charge in [-0.05, 0) is 30.7 Å². The first-order valence-electron chi connectivity index (χ1n) is 8.57. The van der Waals surface area contributed by atoms with Crippen LogP contribution in [0, 0.1) is 22.7 Å². The highest BCUT2D eigenvalue weighted by Crippen LogP contribution is 2.19. The van der Waals surface area contributed by atoms with Gasteiger partial charge in [-0.25, -0.2) is 9.97 Å². The molecule has 0 unspecified atom stereocenters.